The van der Waals surface area contributed by atoms with Gasteiger partial charge in [-0.1, -0.05) is 5.16 Å². The molecule has 1 heterocycles. The van der Waals surface area contributed by atoms with Gasteiger partial charge in [0.25, 0.3) is 5.89 Å². The van der Waals surface area contributed by atoms with E-state index in [1.54, 1.807) is 36.4 Å². The number of carbonyl (C=O) groups is 1. The van der Waals surface area contributed by atoms with Crippen molar-refractivity contribution in [1.29, 1.82) is 0 Å². The molecule has 0 fully saturated rings. The van der Waals surface area contributed by atoms with Crippen LogP contribution in [0.5, 0.6) is 5.75 Å². The molecule has 1 aromatic heterocycles. The minimum Gasteiger partial charge on any atom is -0.427 e. The maximum Gasteiger partial charge on any atom is 0.308 e. The van der Waals surface area contributed by atoms with E-state index in [0.717, 1.165) is 11.1 Å². The van der Waals surface area contributed by atoms with Crippen molar-refractivity contribution in [1.82, 2.24) is 10.1 Å². The van der Waals surface area contributed by atoms with Gasteiger partial charge >= 0.3 is 5.97 Å². The lowest BCUT2D eigenvalue weighted by atomic mass is 10.2. The van der Waals surface area contributed by atoms with Crippen molar-refractivity contribution >= 4 is 29.0 Å². The molecule has 3 aromatic rings. The number of carbonyl (C=O) groups excluding carboxylic acids is 1. The quantitative estimate of drug-likeness (QED) is 0.309. The van der Waals surface area contributed by atoms with Gasteiger partial charge in [-0.05, 0) is 60.7 Å². The molecule has 0 saturated carbocycles. The first-order valence-corrected chi connectivity index (χ1v) is 7.37. The summed E-state index contributed by atoms with van der Waals surface area (Å²) in [5, 5.41) is 6.28. The van der Waals surface area contributed by atoms with E-state index >= 15 is 0 Å². The summed E-state index contributed by atoms with van der Waals surface area (Å²) in [6.45, 7) is 1.35. The molecule has 7 heteroatoms. The van der Waals surface area contributed by atoms with Crippen LogP contribution in [0.4, 0.5) is 5.69 Å². The molecule has 3 rings (SSSR count). The van der Waals surface area contributed by atoms with Gasteiger partial charge in [0.05, 0.1) is 10.8 Å². The number of nitrogens with zero attached hydrogens (tertiary/aromatic N) is 3. The Morgan fingerprint density at radius 2 is 1.79 bits per heavy atom. The molecule has 0 N–H and O–H groups in total. The van der Waals surface area contributed by atoms with Crippen molar-refractivity contribution in [3.63, 3.8) is 0 Å². The largest absolute Gasteiger partial charge is 0.427 e. The smallest absolute Gasteiger partial charge is 0.308 e. The lowest BCUT2D eigenvalue weighted by Gasteiger charge is -2.00. The third-order valence-corrected chi connectivity index (χ3v) is 3.18. The number of thiocarbonyl (C=S) groups is 1. The molecule has 0 aliphatic carbocycles. The van der Waals surface area contributed by atoms with E-state index in [-0.39, 0.29) is 5.97 Å². The number of esters is 1. The molecule has 0 amide bonds. The molecule has 0 saturated heterocycles. The predicted octanol–water partition coefficient (Wildman–Crippen LogP) is 4.06. The molecule has 24 heavy (non-hydrogen) atoms. The van der Waals surface area contributed by atoms with Gasteiger partial charge in [-0.15, -0.1) is 0 Å². The van der Waals surface area contributed by atoms with Crippen LogP contribution < -0.4 is 4.74 Å². The number of rotatable bonds is 4. The zero-order valence-corrected chi connectivity index (χ0v) is 13.4. The van der Waals surface area contributed by atoms with Crippen LogP contribution >= 0.6 is 12.2 Å². The third-order valence-electron chi connectivity index (χ3n) is 3.09. The summed E-state index contributed by atoms with van der Waals surface area (Å²) in [5.74, 6) is 0.928. The molecule has 2 aromatic carbocycles. The Labute approximate surface area is 142 Å². The molecule has 118 valence electrons. The second-order valence-electron chi connectivity index (χ2n) is 4.79. The molecule has 0 radical (unpaired) electrons. The highest BCUT2D eigenvalue weighted by Gasteiger charge is 2.11. The molecular formula is C17H11N3O3S. The van der Waals surface area contributed by atoms with E-state index in [2.05, 4.69) is 32.5 Å². The fraction of sp³-hybridized carbons (Fsp3) is 0.0588. The number of benzene rings is 2. The topological polar surface area (TPSA) is 77.6 Å². The standard InChI is InChI=1S/C17H11N3O3S/c1-11(21)22-15-8-4-13(5-9-15)17-19-16(20-23-17)12-2-6-14(7-3-12)18-10-24/h2-9H,1H3. The van der Waals surface area contributed by atoms with Gasteiger partial charge in [0, 0.05) is 18.1 Å². The van der Waals surface area contributed by atoms with Crippen molar-refractivity contribution in [2.75, 3.05) is 0 Å². The Morgan fingerprint density at radius 1 is 1.12 bits per heavy atom. The lowest BCUT2D eigenvalue weighted by molar-refractivity contribution is -0.131. The fourth-order valence-electron chi connectivity index (χ4n) is 2.03. The van der Waals surface area contributed by atoms with Gasteiger partial charge in [-0.2, -0.15) is 9.98 Å². The highest BCUT2D eigenvalue weighted by atomic mass is 32.1. The van der Waals surface area contributed by atoms with Gasteiger partial charge in [-0.25, -0.2) is 0 Å². The van der Waals surface area contributed by atoms with Crippen molar-refractivity contribution in [2.24, 2.45) is 4.99 Å². The Balaban J connectivity index is 1.82. The second-order valence-corrected chi connectivity index (χ2v) is 4.97. The van der Waals surface area contributed by atoms with Gasteiger partial charge in [0.2, 0.25) is 5.82 Å². The van der Waals surface area contributed by atoms with Crippen LogP contribution in [0, 0.1) is 0 Å². The fourth-order valence-corrected chi connectivity index (χ4v) is 2.13. The molecule has 6 nitrogen and oxygen atoms in total. The SMILES string of the molecule is CC(=O)Oc1ccc(-c2nc(-c3ccc(N=C=S)cc3)no2)cc1. The number of hydrogen-bond acceptors (Lipinski definition) is 7. The van der Waals surface area contributed by atoms with E-state index < -0.39 is 0 Å². The normalized spacial score (nSPS) is 10.0. The van der Waals surface area contributed by atoms with Crippen molar-refractivity contribution in [3.8, 4) is 28.6 Å². The maximum absolute atomic E-state index is 10.9. The number of ether oxygens (including phenoxy) is 1. The summed E-state index contributed by atoms with van der Waals surface area (Å²) in [6.07, 6.45) is 0. The zero-order chi connectivity index (χ0) is 16.9. The number of aliphatic imine (C=N–C) groups is 1. The summed E-state index contributed by atoms with van der Waals surface area (Å²) in [7, 11) is 0. The van der Waals surface area contributed by atoms with Crippen LogP contribution in [0.25, 0.3) is 22.8 Å². The molecule has 0 aliphatic rings. The first kappa shape index (κ1) is 15.7. The van der Waals surface area contributed by atoms with Gasteiger partial charge < -0.3 is 9.26 Å². The summed E-state index contributed by atoms with van der Waals surface area (Å²) < 4.78 is 10.3. The first-order chi connectivity index (χ1) is 11.7. The maximum atomic E-state index is 10.9. The number of hydrogen-bond donors (Lipinski definition) is 0. The number of isothiocyanates is 1. The average Bonchev–Trinajstić information content (AvgIpc) is 3.06. The van der Waals surface area contributed by atoms with Crippen LogP contribution in [0.1, 0.15) is 6.92 Å². The summed E-state index contributed by atoms with van der Waals surface area (Å²) >= 11 is 4.57. The lowest BCUT2D eigenvalue weighted by Crippen LogP contribution is -2.00. The van der Waals surface area contributed by atoms with Crippen LogP contribution in [-0.2, 0) is 4.79 Å². The van der Waals surface area contributed by atoms with E-state index in [1.165, 1.54) is 6.92 Å². The zero-order valence-electron chi connectivity index (χ0n) is 12.6. The summed E-state index contributed by atoms with van der Waals surface area (Å²) in [4.78, 5) is 19.2. The van der Waals surface area contributed by atoms with Gasteiger partial charge in [0.1, 0.15) is 5.75 Å². The molecule has 0 bridgehead atoms. The Bertz CT molecular complexity index is 911. The van der Waals surface area contributed by atoms with E-state index in [0.29, 0.717) is 23.2 Å². The van der Waals surface area contributed by atoms with E-state index in [4.69, 9.17) is 9.26 Å². The number of aromatic nitrogens is 2. The van der Waals surface area contributed by atoms with Crippen molar-refractivity contribution in [2.45, 2.75) is 6.92 Å². The minimum atomic E-state index is -0.371. The molecular weight excluding hydrogens is 326 g/mol. The summed E-state index contributed by atoms with van der Waals surface area (Å²) in [6, 6.07) is 14.0. The minimum absolute atomic E-state index is 0.371. The molecule has 0 atom stereocenters. The van der Waals surface area contributed by atoms with E-state index in [9.17, 15) is 4.79 Å². The second kappa shape index (κ2) is 6.95. The van der Waals surface area contributed by atoms with Crippen LogP contribution in [-0.4, -0.2) is 21.3 Å². The van der Waals surface area contributed by atoms with Crippen molar-refractivity contribution < 1.29 is 14.1 Å². The Hall–Kier alpha value is -3.15. The highest BCUT2D eigenvalue weighted by molar-refractivity contribution is 7.78. The van der Waals surface area contributed by atoms with Gasteiger partial charge in [0.15, 0.2) is 0 Å². The van der Waals surface area contributed by atoms with Crippen molar-refractivity contribution in [3.05, 3.63) is 48.5 Å². The monoisotopic (exact) mass is 337 g/mol. The van der Waals surface area contributed by atoms with Crippen LogP contribution in [0.3, 0.4) is 0 Å². The van der Waals surface area contributed by atoms with Crippen LogP contribution in [0.15, 0.2) is 58.0 Å². The Kier molecular flexibility index (Phi) is 4.56. The molecule has 0 aliphatic heterocycles. The molecule has 0 spiro atoms. The Morgan fingerprint density at radius 3 is 2.42 bits per heavy atom. The predicted molar refractivity (Wildman–Crippen MR) is 91.2 cm³/mol. The molecule has 0 unspecified atom stereocenters. The third kappa shape index (κ3) is 3.60. The van der Waals surface area contributed by atoms with Gasteiger partial charge in [-0.3, -0.25) is 4.79 Å². The summed E-state index contributed by atoms with van der Waals surface area (Å²) in [5.41, 5.74) is 2.23. The van der Waals surface area contributed by atoms with E-state index in [1.807, 2.05) is 12.1 Å². The van der Waals surface area contributed by atoms with Crippen LogP contribution in [0.2, 0.25) is 0 Å². The highest BCUT2D eigenvalue weighted by Crippen LogP contribution is 2.25. The average molecular weight is 337 g/mol. The first-order valence-electron chi connectivity index (χ1n) is 6.96.